The molecule has 0 aliphatic rings. The lowest BCUT2D eigenvalue weighted by Gasteiger charge is -2.26. The number of carbonyl (C=O) groups excluding carboxylic acids is 2. The number of carbonyl (C=O) groups is 3. The lowest BCUT2D eigenvalue weighted by Crippen LogP contribution is -2.51. The summed E-state index contributed by atoms with van der Waals surface area (Å²) in [6, 6.07) is -0.433. The van der Waals surface area contributed by atoms with Crippen LogP contribution in [0.15, 0.2) is 0 Å². The maximum absolute atomic E-state index is 11.8. The van der Waals surface area contributed by atoms with Crippen LogP contribution in [0.1, 0.15) is 47.5 Å². The van der Waals surface area contributed by atoms with Gasteiger partial charge in [0.1, 0.15) is 0 Å². The Morgan fingerprint density at radius 1 is 1.19 bits per heavy atom. The molecule has 0 aliphatic carbocycles. The quantitative estimate of drug-likeness (QED) is 0.656. The highest BCUT2D eigenvalue weighted by atomic mass is 16.4. The van der Waals surface area contributed by atoms with Gasteiger partial charge in [0.25, 0.3) is 0 Å². The molecule has 7 nitrogen and oxygen atoms in total. The second kappa shape index (κ2) is 8.61. The van der Waals surface area contributed by atoms with Gasteiger partial charge in [-0.15, -0.1) is 0 Å². The number of rotatable bonds is 7. The summed E-state index contributed by atoms with van der Waals surface area (Å²) in [5, 5.41) is 13.5. The van der Waals surface area contributed by atoms with Crippen LogP contribution in [-0.4, -0.2) is 52.6 Å². The first-order chi connectivity index (χ1) is 9.51. The van der Waals surface area contributed by atoms with Crippen LogP contribution in [0, 0.1) is 0 Å². The van der Waals surface area contributed by atoms with Crippen molar-refractivity contribution >= 4 is 17.9 Å². The number of carboxylic acid groups (broad SMARTS) is 1. The molecule has 0 saturated heterocycles. The molecular weight excluding hydrogens is 274 g/mol. The highest BCUT2D eigenvalue weighted by Gasteiger charge is 2.18. The van der Waals surface area contributed by atoms with E-state index in [1.165, 1.54) is 0 Å². The van der Waals surface area contributed by atoms with Gasteiger partial charge in [-0.2, -0.15) is 0 Å². The van der Waals surface area contributed by atoms with Crippen molar-refractivity contribution in [1.82, 2.24) is 15.5 Å². The Morgan fingerprint density at radius 2 is 1.76 bits per heavy atom. The van der Waals surface area contributed by atoms with Crippen LogP contribution in [0.25, 0.3) is 0 Å². The highest BCUT2D eigenvalue weighted by Crippen LogP contribution is 2.02. The van der Waals surface area contributed by atoms with Crippen molar-refractivity contribution in [1.29, 1.82) is 0 Å². The zero-order valence-corrected chi connectivity index (χ0v) is 13.5. The first-order valence-electron chi connectivity index (χ1n) is 7.09. The zero-order valence-electron chi connectivity index (χ0n) is 13.5. The lowest BCUT2D eigenvalue weighted by atomic mass is 10.1. The number of nitrogens with one attached hydrogen (secondary N) is 2. The summed E-state index contributed by atoms with van der Waals surface area (Å²) in [7, 11) is 0. The number of hydrogen-bond donors (Lipinski definition) is 3. The van der Waals surface area contributed by atoms with Gasteiger partial charge >= 0.3 is 12.0 Å². The molecule has 0 aromatic rings. The largest absolute Gasteiger partial charge is 0.481 e. The predicted molar refractivity (Wildman–Crippen MR) is 80.0 cm³/mol. The van der Waals surface area contributed by atoms with Gasteiger partial charge < -0.3 is 10.4 Å². The maximum Gasteiger partial charge on any atom is 0.321 e. The summed E-state index contributed by atoms with van der Waals surface area (Å²) in [6.07, 6.45) is 0.532. The minimum atomic E-state index is -0.854. The Labute approximate surface area is 126 Å². The molecule has 0 rings (SSSR count). The van der Waals surface area contributed by atoms with Gasteiger partial charge in [-0.05, 0) is 47.6 Å². The molecular formula is C14H27N3O4. The van der Waals surface area contributed by atoms with E-state index in [0.29, 0.717) is 13.0 Å². The van der Waals surface area contributed by atoms with E-state index < -0.39 is 23.4 Å². The third-order valence-electron chi connectivity index (χ3n) is 2.65. The molecule has 0 radical (unpaired) electrons. The number of urea groups is 1. The summed E-state index contributed by atoms with van der Waals surface area (Å²) in [5.74, 6) is -1.26. The average Bonchev–Trinajstić information content (AvgIpc) is 2.23. The molecule has 3 N–H and O–H groups in total. The number of imide groups is 1. The second-order valence-electron chi connectivity index (χ2n) is 6.31. The molecule has 0 fully saturated rings. The van der Waals surface area contributed by atoms with E-state index in [-0.39, 0.29) is 19.0 Å². The maximum atomic E-state index is 11.8. The molecule has 0 heterocycles. The summed E-state index contributed by atoms with van der Waals surface area (Å²) in [5.41, 5.74) is -0.413. The van der Waals surface area contributed by atoms with E-state index in [9.17, 15) is 14.4 Å². The van der Waals surface area contributed by atoms with Crippen molar-refractivity contribution in [3.05, 3.63) is 0 Å². The second-order valence-corrected chi connectivity index (χ2v) is 6.31. The molecule has 0 atom stereocenters. The zero-order chi connectivity index (χ0) is 16.6. The Balaban J connectivity index is 4.28. The summed E-state index contributed by atoms with van der Waals surface area (Å²) in [4.78, 5) is 35.7. The number of nitrogens with zero attached hydrogens (tertiary/aromatic N) is 1. The van der Waals surface area contributed by atoms with Crippen LogP contribution in [0.2, 0.25) is 0 Å². The van der Waals surface area contributed by atoms with Crippen molar-refractivity contribution in [2.24, 2.45) is 0 Å². The van der Waals surface area contributed by atoms with Crippen LogP contribution in [0.5, 0.6) is 0 Å². The van der Waals surface area contributed by atoms with Gasteiger partial charge in [0.15, 0.2) is 0 Å². The van der Waals surface area contributed by atoms with E-state index in [2.05, 4.69) is 10.6 Å². The average molecular weight is 301 g/mol. The first-order valence-corrected chi connectivity index (χ1v) is 7.09. The van der Waals surface area contributed by atoms with Crippen molar-refractivity contribution in [3.63, 3.8) is 0 Å². The topological polar surface area (TPSA) is 98.7 Å². The molecule has 0 saturated carbocycles. The molecule has 0 unspecified atom stereocenters. The molecule has 0 aromatic carbocycles. The minimum absolute atomic E-state index is 0.0643. The van der Waals surface area contributed by atoms with Crippen LogP contribution in [0.4, 0.5) is 4.79 Å². The van der Waals surface area contributed by atoms with Crippen molar-refractivity contribution in [2.45, 2.75) is 59.0 Å². The Morgan fingerprint density at radius 3 is 2.19 bits per heavy atom. The minimum Gasteiger partial charge on any atom is -0.481 e. The highest BCUT2D eigenvalue weighted by molar-refractivity contribution is 5.95. The Hall–Kier alpha value is -1.63. The van der Waals surface area contributed by atoms with Gasteiger partial charge in [-0.3, -0.25) is 19.8 Å². The van der Waals surface area contributed by atoms with Gasteiger partial charge in [0.2, 0.25) is 5.91 Å². The molecule has 3 amide bonds. The molecule has 122 valence electrons. The lowest BCUT2D eigenvalue weighted by molar-refractivity contribution is -0.137. The summed E-state index contributed by atoms with van der Waals surface area (Å²) < 4.78 is 0. The fourth-order valence-electron chi connectivity index (χ4n) is 1.68. The smallest absolute Gasteiger partial charge is 0.321 e. The molecule has 7 heteroatoms. The van der Waals surface area contributed by atoms with E-state index in [4.69, 9.17) is 5.11 Å². The van der Waals surface area contributed by atoms with E-state index in [0.717, 1.165) is 0 Å². The monoisotopic (exact) mass is 301 g/mol. The molecule has 0 aromatic heterocycles. The standard InChI is InChI=1S/C14H27N3O4/c1-10(2)17(8-6-7-12(19)20)9-11(18)15-13(21)16-14(3,4)5/h10H,6-9H2,1-5H3,(H,19,20)(H2,15,16,18,21). The summed E-state index contributed by atoms with van der Waals surface area (Å²) in [6.45, 7) is 9.87. The van der Waals surface area contributed by atoms with Gasteiger partial charge in [0.05, 0.1) is 6.54 Å². The van der Waals surface area contributed by atoms with Crippen LogP contribution >= 0.6 is 0 Å². The molecule has 0 spiro atoms. The number of aliphatic carboxylic acids is 1. The van der Waals surface area contributed by atoms with Crippen LogP contribution in [0.3, 0.4) is 0 Å². The Kier molecular flexibility index (Phi) is 7.94. The van der Waals surface area contributed by atoms with Gasteiger partial charge in [0, 0.05) is 18.0 Å². The van der Waals surface area contributed by atoms with Crippen LogP contribution in [-0.2, 0) is 9.59 Å². The third-order valence-corrected chi connectivity index (χ3v) is 2.65. The predicted octanol–water partition coefficient (Wildman–Crippen LogP) is 1.19. The van der Waals surface area contributed by atoms with E-state index in [1.807, 2.05) is 39.5 Å². The summed E-state index contributed by atoms with van der Waals surface area (Å²) >= 11 is 0. The Bertz CT molecular complexity index is 375. The van der Waals surface area contributed by atoms with Gasteiger partial charge in [-0.1, -0.05) is 0 Å². The van der Waals surface area contributed by atoms with Gasteiger partial charge in [-0.25, -0.2) is 4.79 Å². The molecule has 0 bridgehead atoms. The number of amides is 3. The molecule has 0 aliphatic heterocycles. The SMILES string of the molecule is CC(C)N(CCCC(=O)O)CC(=O)NC(=O)NC(C)(C)C. The van der Waals surface area contributed by atoms with E-state index >= 15 is 0 Å². The fourth-order valence-corrected chi connectivity index (χ4v) is 1.68. The van der Waals surface area contributed by atoms with Crippen molar-refractivity contribution in [3.8, 4) is 0 Å². The molecule has 21 heavy (non-hydrogen) atoms. The van der Waals surface area contributed by atoms with E-state index in [1.54, 1.807) is 0 Å². The normalized spacial score (nSPS) is 11.6. The van der Waals surface area contributed by atoms with Crippen molar-refractivity contribution < 1.29 is 19.5 Å². The third kappa shape index (κ3) is 10.8. The van der Waals surface area contributed by atoms with Crippen molar-refractivity contribution in [2.75, 3.05) is 13.1 Å². The fraction of sp³-hybridized carbons (Fsp3) is 0.786. The number of carboxylic acids is 1. The number of hydrogen-bond acceptors (Lipinski definition) is 4. The first kappa shape index (κ1) is 19.4. The van der Waals surface area contributed by atoms with Crippen LogP contribution < -0.4 is 10.6 Å².